The van der Waals surface area contributed by atoms with Crippen LogP contribution in [0.3, 0.4) is 0 Å². The number of para-hydroxylation sites is 1. The summed E-state index contributed by atoms with van der Waals surface area (Å²) in [5, 5.41) is 6.37. The Balaban J connectivity index is 2.30. The van der Waals surface area contributed by atoms with Crippen LogP contribution in [-0.4, -0.2) is 18.6 Å². The van der Waals surface area contributed by atoms with Gasteiger partial charge in [0, 0.05) is 18.6 Å². The van der Waals surface area contributed by atoms with E-state index in [1.165, 1.54) is 6.07 Å². The van der Waals surface area contributed by atoms with E-state index in [0.29, 0.717) is 5.69 Å². The number of benzene rings is 1. The number of anilines is 1. The van der Waals surface area contributed by atoms with Gasteiger partial charge >= 0.3 is 0 Å². The lowest BCUT2D eigenvalue weighted by atomic mass is 10.1. The van der Waals surface area contributed by atoms with Crippen LogP contribution in [0.2, 0.25) is 0 Å². The fourth-order valence-corrected chi connectivity index (χ4v) is 1.24. The molecule has 0 saturated heterocycles. The number of hydrogen-bond donors (Lipinski definition) is 2. The van der Waals surface area contributed by atoms with Gasteiger partial charge in [0.15, 0.2) is 0 Å². The van der Waals surface area contributed by atoms with E-state index >= 15 is 0 Å². The van der Waals surface area contributed by atoms with Crippen LogP contribution in [0.5, 0.6) is 0 Å². The average Bonchev–Trinajstić information content (AvgIpc) is 2.13. The lowest BCUT2D eigenvalue weighted by Crippen LogP contribution is -2.38. The summed E-state index contributed by atoms with van der Waals surface area (Å²) >= 11 is 0. The van der Waals surface area contributed by atoms with Gasteiger partial charge in [-0.2, -0.15) is 0 Å². The van der Waals surface area contributed by atoms with Crippen molar-refractivity contribution in [1.82, 2.24) is 5.32 Å². The first-order valence-electron chi connectivity index (χ1n) is 5.22. The molecule has 0 unspecified atom stereocenters. The van der Waals surface area contributed by atoms with Gasteiger partial charge < -0.3 is 10.6 Å². The highest BCUT2D eigenvalue weighted by molar-refractivity contribution is 5.44. The summed E-state index contributed by atoms with van der Waals surface area (Å²) in [6.45, 7) is 7.86. The lowest BCUT2D eigenvalue weighted by molar-refractivity contribution is 0.435. The van der Waals surface area contributed by atoms with Crippen LogP contribution < -0.4 is 10.6 Å². The second-order valence-corrected chi connectivity index (χ2v) is 4.58. The molecule has 0 saturated carbocycles. The van der Waals surface area contributed by atoms with Gasteiger partial charge in [0.05, 0.1) is 5.69 Å². The molecule has 0 aliphatic carbocycles. The van der Waals surface area contributed by atoms with Crippen LogP contribution in [0.4, 0.5) is 10.1 Å². The van der Waals surface area contributed by atoms with E-state index in [-0.39, 0.29) is 11.4 Å². The lowest BCUT2D eigenvalue weighted by Gasteiger charge is -2.20. The zero-order valence-corrected chi connectivity index (χ0v) is 9.60. The van der Waals surface area contributed by atoms with Gasteiger partial charge in [0.1, 0.15) is 5.82 Å². The molecule has 0 bridgehead atoms. The van der Waals surface area contributed by atoms with Gasteiger partial charge in [-0.1, -0.05) is 12.1 Å². The maximum atomic E-state index is 13.2. The minimum Gasteiger partial charge on any atom is -0.381 e. The van der Waals surface area contributed by atoms with Crippen molar-refractivity contribution in [1.29, 1.82) is 0 Å². The van der Waals surface area contributed by atoms with Crippen molar-refractivity contribution in [3.05, 3.63) is 30.1 Å². The maximum absolute atomic E-state index is 13.2. The summed E-state index contributed by atoms with van der Waals surface area (Å²) < 4.78 is 13.2. The third kappa shape index (κ3) is 4.79. The largest absolute Gasteiger partial charge is 0.381 e. The number of halogens is 1. The molecule has 1 aromatic carbocycles. The van der Waals surface area contributed by atoms with E-state index in [1.807, 2.05) is 6.07 Å². The third-order valence-electron chi connectivity index (χ3n) is 1.97. The predicted octanol–water partition coefficient (Wildman–Crippen LogP) is 2.63. The Bertz CT molecular complexity index is 305. The first-order valence-corrected chi connectivity index (χ1v) is 5.22. The minimum absolute atomic E-state index is 0.108. The molecule has 0 atom stereocenters. The molecule has 0 aromatic heterocycles. The molecule has 84 valence electrons. The zero-order valence-electron chi connectivity index (χ0n) is 9.60. The fourth-order valence-electron chi connectivity index (χ4n) is 1.24. The molecule has 0 spiro atoms. The molecule has 1 rings (SSSR count). The Hall–Kier alpha value is -1.09. The smallest absolute Gasteiger partial charge is 0.146 e. The van der Waals surface area contributed by atoms with Crippen molar-refractivity contribution < 1.29 is 4.39 Å². The number of nitrogens with one attached hydrogen (secondary N) is 2. The average molecular weight is 210 g/mol. The van der Waals surface area contributed by atoms with Gasteiger partial charge in [-0.05, 0) is 32.9 Å². The van der Waals surface area contributed by atoms with Crippen molar-refractivity contribution in [3.8, 4) is 0 Å². The minimum atomic E-state index is -0.201. The molecule has 2 N–H and O–H groups in total. The van der Waals surface area contributed by atoms with Gasteiger partial charge in [-0.25, -0.2) is 4.39 Å². The standard InChI is InChI=1S/C12H19FN2/c1-12(2,3)15-9-8-14-11-7-5-4-6-10(11)13/h4-7,14-15H,8-9H2,1-3H3. The van der Waals surface area contributed by atoms with Crippen LogP contribution in [-0.2, 0) is 0 Å². The Morgan fingerprint density at radius 3 is 2.40 bits per heavy atom. The summed E-state index contributed by atoms with van der Waals surface area (Å²) in [5.41, 5.74) is 0.671. The summed E-state index contributed by atoms with van der Waals surface area (Å²) in [4.78, 5) is 0. The summed E-state index contributed by atoms with van der Waals surface area (Å²) in [6.07, 6.45) is 0. The summed E-state index contributed by atoms with van der Waals surface area (Å²) in [5.74, 6) is -0.201. The Kier molecular flexibility index (Phi) is 4.09. The molecule has 0 fully saturated rings. The van der Waals surface area contributed by atoms with Gasteiger partial charge in [0.2, 0.25) is 0 Å². The number of hydrogen-bond acceptors (Lipinski definition) is 2. The summed E-state index contributed by atoms with van der Waals surface area (Å²) in [6, 6.07) is 6.71. The molecule has 0 heterocycles. The van der Waals surface area contributed by atoms with Crippen molar-refractivity contribution in [2.45, 2.75) is 26.3 Å². The van der Waals surface area contributed by atoms with Crippen LogP contribution >= 0.6 is 0 Å². The Morgan fingerprint density at radius 1 is 1.13 bits per heavy atom. The van der Waals surface area contributed by atoms with Crippen molar-refractivity contribution in [2.75, 3.05) is 18.4 Å². The molecule has 0 amide bonds. The molecular weight excluding hydrogens is 191 g/mol. The molecule has 0 aliphatic heterocycles. The van der Waals surface area contributed by atoms with Crippen molar-refractivity contribution in [3.63, 3.8) is 0 Å². The van der Waals surface area contributed by atoms with E-state index in [9.17, 15) is 4.39 Å². The molecule has 2 nitrogen and oxygen atoms in total. The second-order valence-electron chi connectivity index (χ2n) is 4.58. The van der Waals surface area contributed by atoms with Gasteiger partial charge in [0.25, 0.3) is 0 Å². The maximum Gasteiger partial charge on any atom is 0.146 e. The third-order valence-corrected chi connectivity index (χ3v) is 1.97. The SMILES string of the molecule is CC(C)(C)NCCNc1ccccc1F. The zero-order chi connectivity index (χ0) is 11.3. The monoisotopic (exact) mass is 210 g/mol. The highest BCUT2D eigenvalue weighted by Gasteiger charge is 2.07. The van der Waals surface area contributed by atoms with Crippen LogP contribution in [0.1, 0.15) is 20.8 Å². The topological polar surface area (TPSA) is 24.1 Å². The van der Waals surface area contributed by atoms with Crippen LogP contribution in [0.15, 0.2) is 24.3 Å². The first kappa shape index (κ1) is 12.0. The van der Waals surface area contributed by atoms with Crippen molar-refractivity contribution >= 4 is 5.69 Å². The highest BCUT2D eigenvalue weighted by atomic mass is 19.1. The van der Waals surface area contributed by atoms with E-state index in [2.05, 4.69) is 31.4 Å². The first-order chi connectivity index (χ1) is 6.99. The van der Waals surface area contributed by atoms with E-state index in [4.69, 9.17) is 0 Å². The van der Waals surface area contributed by atoms with Gasteiger partial charge in [-0.15, -0.1) is 0 Å². The molecule has 0 aliphatic rings. The molecule has 3 heteroatoms. The summed E-state index contributed by atoms with van der Waals surface area (Å²) in [7, 11) is 0. The molecule has 1 aromatic rings. The second kappa shape index (κ2) is 5.12. The van der Waals surface area contributed by atoms with Gasteiger partial charge in [-0.3, -0.25) is 0 Å². The normalized spacial score (nSPS) is 11.5. The fraction of sp³-hybridized carbons (Fsp3) is 0.500. The Labute approximate surface area is 90.9 Å². The van der Waals surface area contributed by atoms with E-state index < -0.39 is 0 Å². The molecule has 15 heavy (non-hydrogen) atoms. The predicted molar refractivity (Wildman–Crippen MR) is 62.6 cm³/mol. The van der Waals surface area contributed by atoms with E-state index in [0.717, 1.165) is 13.1 Å². The van der Waals surface area contributed by atoms with Crippen LogP contribution in [0, 0.1) is 5.82 Å². The Morgan fingerprint density at radius 2 is 1.80 bits per heavy atom. The van der Waals surface area contributed by atoms with Crippen molar-refractivity contribution in [2.24, 2.45) is 0 Å². The molecule has 0 radical (unpaired) electrons. The van der Waals surface area contributed by atoms with Crippen LogP contribution in [0.25, 0.3) is 0 Å². The van der Waals surface area contributed by atoms with E-state index in [1.54, 1.807) is 12.1 Å². The molecular formula is C12H19FN2. The highest BCUT2D eigenvalue weighted by Crippen LogP contribution is 2.11. The number of rotatable bonds is 4. The quantitative estimate of drug-likeness (QED) is 0.746.